The second kappa shape index (κ2) is 6.33. The number of carboxylic acids is 1. The fourth-order valence-corrected chi connectivity index (χ4v) is 3.17. The zero-order valence-corrected chi connectivity index (χ0v) is 12.6. The van der Waals surface area contributed by atoms with E-state index in [4.69, 9.17) is 4.42 Å². The van der Waals surface area contributed by atoms with Crippen LogP contribution in [0, 0.1) is 5.92 Å². The summed E-state index contributed by atoms with van der Waals surface area (Å²) in [6.07, 6.45) is 6.24. The molecule has 5 heteroatoms. The maximum absolute atomic E-state index is 12.5. The highest BCUT2D eigenvalue weighted by atomic mass is 16.4. The van der Waals surface area contributed by atoms with E-state index in [1.165, 1.54) is 6.26 Å². The average molecular weight is 293 g/mol. The van der Waals surface area contributed by atoms with Crippen LogP contribution >= 0.6 is 0 Å². The van der Waals surface area contributed by atoms with E-state index in [1.807, 2.05) is 13.8 Å². The third-order valence-electron chi connectivity index (χ3n) is 4.37. The van der Waals surface area contributed by atoms with Crippen molar-refractivity contribution in [3.05, 3.63) is 23.7 Å². The molecule has 1 fully saturated rings. The monoisotopic (exact) mass is 293 g/mol. The number of rotatable bonds is 5. The van der Waals surface area contributed by atoms with Gasteiger partial charge in [0.2, 0.25) is 0 Å². The van der Waals surface area contributed by atoms with Gasteiger partial charge >= 0.3 is 5.97 Å². The van der Waals surface area contributed by atoms with E-state index in [0.29, 0.717) is 30.6 Å². The van der Waals surface area contributed by atoms with Crippen molar-refractivity contribution in [2.45, 2.75) is 57.9 Å². The molecule has 1 aromatic heterocycles. The van der Waals surface area contributed by atoms with Crippen molar-refractivity contribution in [2.24, 2.45) is 5.92 Å². The largest absolute Gasteiger partial charge is 0.481 e. The molecule has 0 bridgehead atoms. The smallest absolute Gasteiger partial charge is 0.308 e. The Morgan fingerprint density at radius 2 is 2.24 bits per heavy atom. The molecule has 2 N–H and O–H groups in total. The number of furan rings is 1. The second-order valence-electron chi connectivity index (χ2n) is 6.02. The van der Waals surface area contributed by atoms with Gasteiger partial charge in [-0.1, -0.05) is 19.8 Å². The molecule has 5 nitrogen and oxygen atoms in total. The summed E-state index contributed by atoms with van der Waals surface area (Å²) < 4.78 is 5.35. The van der Waals surface area contributed by atoms with E-state index in [1.54, 1.807) is 6.07 Å². The maximum Gasteiger partial charge on any atom is 0.308 e. The van der Waals surface area contributed by atoms with Crippen LogP contribution in [0.3, 0.4) is 0 Å². The molecule has 0 aliphatic heterocycles. The minimum atomic E-state index is -0.835. The van der Waals surface area contributed by atoms with Crippen LogP contribution < -0.4 is 5.32 Å². The van der Waals surface area contributed by atoms with Crippen LogP contribution in [0.4, 0.5) is 0 Å². The zero-order chi connectivity index (χ0) is 15.5. The van der Waals surface area contributed by atoms with Crippen molar-refractivity contribution < 1.29 is 19.1 Å². The van der Waals surface area contributed by atoms with Gasteiger partial charge in [0.25, 0.3) is 5.91 Å². The molecule has 1 amide bonds. The number of hydrogen-bond donors (Lipinski definition) is 2. The lowest BCUT2D eigenvalue weighted by Gasteiger charge is -2.39. The number of aliphatic carboxylic acids is 1. The van der Waals surface area contributed by atoms with Gasteiger partial charge in [0.15, 0.2) is 0 Å². The number of hydrogen-bond acceptors (Lipinski definition) is 3. The standard InChI is InChI=1S/C16H23NO4/c1-3-6-13-11(8-10-21-13)14(18)17-16(2)9-5-4-7-12(16)15(19)20/h8,10,12H,3-7,9H2,1-2H3,(H,17,18)(H,19,20). The van der Waals surface area contributed by atoms with Gasteiger partial charge in [-0.25, -0.2) is 0 Å². The van der Waals surface area contributed by atoms with Gasteiger partial charge < -0.3 is 14.8 Å². The lowest BCUT2D eigenvalue weighted by molar-refractivity contribution is -0.145. The van der Waals surface area contributed by atoms with Crippen LogP contribution in [0.2, 0.25) is 0 Å². The maximum atomic E-state index is 12.5. The molecule has 0 aromatic carbocycles. The lowest BCUT2D eigenvalue weighted by Crippen LogP contribution is -2.55. The van der Waals surface area contributed by atoms with E-state index < -0.39 is 17.4 Å². The summed E-state index contributed by atoms with van der Waals surface area (Å²) in [5, 5.41) is 12.3. The molecule has 1 aromatic rings. The Morgan fingerprint density at radius 1 is 1.48 bits per heavy atom. The van der Waals surface area contributed by atoms with Crippen molar-refractivity contribution in [2.75, 3.05) is 0 Å². The lowest BCUT2D eigenvalue weighted by atomic mass is 9.73. The number of aryl methyl sites for hydroxylation is 1. The molecule has 2 rings (SSSR count). The van der Waals surface area contributed by atoms with Crippen LogP contribution in [0.5, 0.6) is 0 Å². The molecule has 1 saturated carbocycles. The van der Waals surface area contributed by atoms with E-state index in [0.717, 1.165) is 19.3 Å². The van der Waals surface area contributed by atoms with E-state index in [2.05, 4.69) is 5.32 Å². The molecule has 0 radical (unpaired) electrons. The van der Waals surface area contributed by atoms with E-state index in [9.17, 15) is 14.7 Å². The van der Waals surface area contributed by atoms with Crippen LogP contribution in [-0.2, 0) is 11.2 Å². The van der Waals surface area contributed by atoms with Crippen LogP contribution in [0.25, 0.3) is 0 Å². The normalized spacial score (nSPS) is 25.5. The number of nitrogens with one attached hydrogen (secondary N) is 1. The van der Waals surface area contributed by atoms with Gasteiger partial charge in [-0.3, -0.25) is 9.59 Å². The fraction of sp³-hybridized carbons (Fsp3) is 0.625. The molecule has 21 heavy (non-hydrogen) atoms. The first-order valence-electron chi connectivity index (χ1n) is 7.59. The predicted molar refractivity (Wildman–Crippen MR) is 78.2 cm³/mol. The van der Waals surface area contributed by atoms with Gasteiger partial charge in [-0.05, 0) is 32.3 Å². The van der Waals surface area contributed by atoms with Gasteiger partial charge in [0.05, 0.1) is 23.3 Å². The summed E-state index contributed by atoms with van der Waals surface area (Å²) in [7, 11) is 0. The average Bonchev–Trinajstić information content (AvgIpc) is 2.87. The molecule has 0 spiro atoms. The molecule has 1 heterocycles. The molecule has 2 unspecified atom stereocenters. The Hall–Kier alpha value is -1.78. The van der Waals surface area contributed by atoms with Gasteiger partial charge in [0, 0.05) is 6.42 Å². The Morgan fingerprint density at radius 3 is 2.90 bits per heavy atom. The van der Waals surface area contributed by atoms with Crippen LogP contribution in [0.1, 0.15) is 62.1 Å². The highest BCUT2D eigenvalue weighted by Crippen LogP contribution is 2.34. The Kier molecular flexibility index (Phi) is 4.70. The fourth-order valence-electron chi connectivity index (χ4n) is 3.17. The predicted octanol–water partition coefficient (Wildman–Crippen LogP) is 3.00. The minimum absolute atomic E-state index is 0.233. The first kappa shape index (κ1) is 15.6. The summed E-state index contributed by atoms with van der Waals surface area (Å²) in [6, 6.07) is 1.66. The highest BCUT2D eigenvalue weighted by Gasteiger charge is 2.42. The molecule has 2 atom stereocenters. The molecule has 0 saturated heterocycles. The Balaban J connectivity index is 2.16. The summed E-state index contributed by atoms with van der Waals surface area (Å²) in [5.74, 6) is -0.931. The van der Waals surface area contributed by atoms with Crippen molar-refractivity contribution in [1.29, 1.82) is 0 Å². The molecule has 1 aliphatic rings. The Labute approximate surface area is 124 Å². The molecule has 1 aliphatic carbocycles. The first-order valence-corrected chi connectivity index (χ1v) is 7.59. The summed E-state index contributed by atoms with van der Waals surface area (Å²) in [5.41, 5.74) is -0.171. The summed E-state index contributed by atoms with van der Waals surface area (Å²) in [6.45, 7) is 3.86. The summed E-state index contributed by atoms with van der Waals surface area (Å²) >= 11 is 0. The van der Waals surface area contributed by atoms with Crippen LogP contribution in [0.15, 0.2) is 16.7 Å². The summed E-state index contributed by atoms with van der Waals surface area (Å²) in [4.78, 5) is 23.9. The quantitative estimate of drug-likeness (QED) is 0.874. The number of amides is 1. The van der Waals surface area contributed by atoms with Gasteiger partial charge in [0.1, 0.15) is 5.76 Å². The Bertz CT molecular complexity index is 522. The van der Waals surface area contributed by atoms with Gasteiger partial charge in [-0.15, -0.1) is 0 Å². The van der Waals surface area contributed by atoms with Crippen molar-refractivity contribution in [3.8, 4) is 0 Å². The second-order valence-corrected chi connectivity index (χ2v) is 6.02. The highest BCUT2D eigenvalue weighted by molar-refractivity contribution is 5.96. The number of carboxylic acid groups (broad SMARTS) is 1. The van der Waals surface area contributed by atoms with Crippen molar-refractivity contribution in [1.82, 2.24) is 5.32 Å². The number of carbonyl (C=O) groups is 2. The molecular weight excluding hydrogens is 270 g/mol. The van der Waals surface area contributed by atoms with Crippen LogP contribution in [-0.4, -0.2) is 22.5 Å². The molecular formula is C16H23NO4. The minimum Gasteiger partial charge on any atom is -0.481 e. The van der Waals surface area contributed by atoms with Crippen molar-refractivity contribution in [3.63, 3.8) is 0 Å². The zero-order valence-electron chi connectivity index (χ0n) is 12.6. The topological polar surface area (TPSA) is 79.5 Å². The third kappa shape index (κ3) is 3.28. The SMILES string of the molecule is CCCc1occc1C(=O)NC1(C)CCCCC1C(=O)O. The first-order chi connectivity index (χ1) is 9.98. The van der Waals surface area contributed by atoms with Crippen molar-refractivity contribution >= 4 is 11.9 Å². The van der Waals surface area contributed by atoms with E-state index >= 15 is 0 Å². The number of carbonyl (C=O) groups excluding carboxylic acids is 1. The van der Waals surface area contributed by atoms with Gasteiger partial charge in [-0.2, -0.15) is 0 Å². The third-order valence-corrected chi connectivity index (χ3v) is 4.37. The molecule has 116 valence electrons. The van der Waals surface area contributed by atoms with E-state index in [-0.39, 0.29) is 5.91 Å².